The normalized spacial score (nSPS) is 17.4. The molecule has 2 nitrogen and oxygen atoms in total. The number of aliphatic hydroxyl groups excluding tert-OH is 1. The zero-order valence-electron chi connectivity index (χ0n) is 11.9. The van der Waals surface area contributed by atoms with Crippen LogP contribution in [0.4, 0.5) is 0 Å². The molecule has 1 atom stereocenters. The summed E-state index contributed by atoms with van der Waals surface area (Å²) in [7, 11) is 0. The SMILES string of the molecule is OCC(NCc1ccccc1)(c1ccc(Cl)cc1)C1CC1. The fourth-order valence-corrected chi connectivity index (χ4v) is 3.06. The van der Waals surface area contributed by atoms with E-state index in [0.29, 0.717) is 5.92 Å². The minimum Gasteiger partial charge on any atom is -0.394 e. The van der Waals surface area contributed by atoms with Crippen LogP contribution in [0.15, 0.2) is 54.6 Å². The molecule has 2 aromatic rings. The summed E-state index contributed by atoms with van der Waals surface area (Å²) in [5, 5.41) is 14.4. The van der Waals surface area contributed by atoms with E-state index in [4.69, 9.17) is 11.6 Å². The van der Waals surface area contributed by atoms with Gasteiger partial charge in [0.1, 0.15) is 0 Å². The molecule has 3 heteroatoms. The molecular formula is C18H20ClNO. The molecule has 110 valence electrons. The predicted molar refractivity (Wildman–Crippen MR) is 86.2 cm³/mol. The molecule has 21 heavy (non-hydrogen) atoms. The monoisotopic (exact) mass is 301 g/mol. The van der Waals surface area contributed by atoms with E-state index < -0.39 is 0 Å². The minimum atomic E-state index is -0.361. The van der Waals surface area contributed by atoms with Crippen LogP contribution in [0.3, 0.4) is 0 Å². The molecule has 1 fully saturated rings. The average molecular weight is 302 g/mol. The second-order valence-corrected chi connectivity index (χ2v) is 6.19. The molecule has 2 aromatic carbocycles. The van der Waals surface area contributed by atoms with Crippen molar-refractivity contribution < 1.29 is 5.11 Å². The van der Waals surface area contributed by atoms with Crippen molar-refractivity contribution in [2.24, 2.45) is 5.92 Å². The van der Waals surface area contributed by atoms with Crippen molar-refractivity contribution in [3.8, 4) is 0 Å². The Hall–Kier alpha value is -1.35. The zero-order chi connectivity index (χ0) is 14.7. The molecule has 0 aromatic heterocycles. The summed E-state index contributed by atoms with van der Waals surface area (Å²) in [5.74, 6) is 0.493. The van der Waals surface area contributed by atoms with Crippen LogP contribution in [-0.4, -0.2) is 11.7 Å². The van der Waals surface area contributed by atoms with Gasteiger partial charge in [-0.25, -0.2) is 0 Å². The first kappa shape index (κ1) is 14.6. The van der Waals surface area contributed by atoms with Crippen LogP contribution in [0.25, 0.3) is 0 Å². The lowest BCUT2D eigenvalue weighted by Crippen LogP contribution is -2.47. The number of rotatable bonds is 6. The first-order valence-electron chi connectivity index (χ1n) is 7.40. The lowest BCUT2D eigenvalue weighted by Gasteiger charge is -2.34. The van der Waals surface area contributed by atoms with Gasteiger partial charge in [0.2, 0.25) is 0 Å². The van der Waals surface area contributed by atoms with E-state index in [9.17, 15) is 5.11 Å². The lowest BCUT2D eigenvalue weighted by molar-refractivity contribution is 0.137. The molecule has 3 rings (SSSR count). The summed E-state index contributed by atoms with van der Waals surface area (Å²) >= 11 is 5.99. The van der Waals surface area contributed by atoms with Crippen molar-refractivity contribution in [2.45, 2.75) is 24.9 Å². The minimum absolute atomic E-state index is 0.103. The molecule has 0 saturated heterocycles. The third-order valence-corrected chi connectivity index (χ3v) is 4.59. The Morgan fingerprint density at radius 3 is 2.29 bits per heavy atom. The van der Waals surface area contributed by atoms with Crippen LogP contribution in [0.1, 0.15) is 24.0 Å². The average Bonchev–Trinajstić information content (AvgIpc) is 3.36. The largest absolute Gasteiger partial charge is 0.394 e. The summed E-state index contributed by atoms with van der Waals surface area (Å²) in [6.07, 6.45) is 2.32. The van der Waals surface area contributed by atoms with E-state index in [0.717, 1.165) is 30.0 Å². The smallest absolute Gasteiger partial charge is 0.0700 e. The zero-order valence-corrected chi connectivity index (χ0v) is 12.7. The van der Waals surface area contributed by atoms with Crippen molar-refractivity contribution in [3.05, 3.63) is 70.7 Å². The van der Waals surface area contributed by atoms with Gasteiger partial charge >= 0.3 is 0 Å². The Bertz CT molecular complexity index is 580. The highest BCUT2D eigenvalue weighted by Gasteiger charge is 2.45. The van der Waals surface area contributed by atoms with Gasteiger partial charge in [0.05, 0.1) is 12.1 Å². The topological polar surface area (TPSA) is 32.3 Å². The molecular weight excluding hydrogens is 282 g/mol. The first-order chi connectivity index (χ1) is 10.2. The van der Waals surface area contributed by atoms with Gasteiger partial charge in [-0.1, -0.05) is 54.1 Å². The number of halogens is 1. The van der Waals surface area contributed by atoms with Crippen LogP contribution >= 0.6 is 11.6 Å². The molecule has 1 aliphatic carbocycles. The highest BCUT2D eigenvalue weighted by Crippen LogP contribution is 2.45. The standard InChI is InChI=1S/C18H20ClNO/c19-17-10-8-16(9-11-17)18(13-21,15-6-7-15)20-12-14-4-2-1-3-5-14/h1-5,8-11,15,20-21H,6-7,12-13H2. The maximum Gasteiger partial charge on any atom is 0.0700 e. The van der Waals surface area contributed by atoms with Crippen molar-refractivity contribution in [1.29, 1.82) is 0 Å². The van der Waals surface area contributed by atoms with Gasteiger partial charge in [-0.05, 0) is 42.0 Å². The molecule has 2 N–H and O–H groups in total. The summed E-state index contributed by atoms with van der Waals surface area (Å²) in [6, 6.07) is 18.1. The molecule has 0 aliphatic heterocycles. The van der Waals surface area contributed by atoms with Crippen LogP contribution in [0, 0.1) is 5.92 Å². The Labute approximate surface area is 130 Å². The Kier molecular flexibility index (Phi) is 4.29. The van der Waals surface area contributed by atoms with E-state index >= 15 is 0 Å². The summed E-state index contributed by atoms with van der Waals surface area (Å²) in [5.41, 5.74) is 1.98. The van der Waals surface area contributed by atoms with Crippen molar-refractivity contribution in [1.82, 2.24) is 5.32 Å². The fraction of sp³-hybridized carbons (Fsp3) is 0.333. The number of nitrogens with one attached hydrogen (secondary N) is 1. The third kappa shape index (κ3) is 3.13. The molecule has 1 unspecified atom stereocenters. The molecule has 0 spiro atoms. The van der Waals surface area contributed by atoms with Gasteiger partial charge in [-0.15, -0.1) is 0 Å². The molecule has 0 bridgehead atoms. The molecule has 1 aliphatic rings. The summed E-state index contributed by atoms with van der Waals surface area (Å²) in [4.78, 5) is 0. The van der Waals surface area contributed by atoms with Crippen LogP contribution in [0.5, 0.6) is 0 Å². The number of aliphatic hydroxyl groups is 1. The molecule has 0 heterocycles. The molecule has 0 amide bonds. The first-order valence-corrected chi connectivity index (χ1v) is 7.78. The highest BCUT2D eigenvalue weighted by atomic mass is 35.5. The van der Waals surface area contributed by atoms with Crippen molar-refractivity contribution in [2.75, 3.05) is 6.61 Å². The van der Waals surface area contributed by atoms with Gasteiger partial charge in [0.15, 0.2) is 0 Å². The molecule has 0 radical (unpaired) electrons. The summed E-state index contributed by atoms with van der Waals surface area (Å²) in [6.45, 7) is 0.854. The van der Waals surface area contributed by atoms with E-state index in [-0.39, 0.29) is 12.1 Å². The number of hydrogen-bond acceptors (Lipinski definition) is 2. The summed E-state index contributed by atoms with van der Waals surface area (Å²) < 4.78 is 0. The predicted octanol–water partition coefficient (Wildman–Crippen LogP) is 3.73. The Morgan fingerprint density at radius 1 is 1.05 bits per heavy atom. The van der Waals surface area contributed by atoms with Crippen LogP contribution < -0.4 is 5.32 Å². The maximum absolute atomic E-state index is 10.1. The third-order valence-electron chi connectivity index (χ3n) is 4.33. The number of hydrogen-bond donors (Lipinski definition) is 2. The van der Waals surface area contributed by atoms with E-state index in [1.807, 2.05) is 42.5 Å². The Morgan fingerprint density at radius 2 is 1.71 bits per heavy atom. The van der Waals surface area contributed by atoms with Crippen molar-refractivity contribution in [3.63, 3.8) is 0 Å². The van der Waals surface area contributed by atoms with Crippen LogP contribution in [0.2, 0.25) is 5.02 Å². The van der Waals surface area contributed by atoms with Crippen molar-refractivity contribution >= 4 is 11.6 Å². The second kappa shape index (κ2) is 6.18. The highest BCUT2D eigenvalue weighted by molar-refractivity contribution is 6.30. The maximum atomic E-state index is 10.1. The van der Waals surface area contributed by atoms with Gasteiger partial charge in [-0.2, -0.15) is 0 Å². The Balaban J connectivity index is 1.84. The van der Waals surface area contributed by atoms with Crippen LogP contribution in [-0.2, 0) is 12.1 Å². The lowest BCUT2D eigenvalue weighted by atomic mass is 9.85. The van der Waals surface area contributed by atoms with E-state index in [2.05, 4.69) is 17.4 Å². The van der Waals surface area contributed by atoms with E-state index in [1.165, 1.54) is 5.56 Å². The second-order valence-electron chi connectivity index (χ2n) is 5.75. The van der Waals surface area contributed by atoms with Gasteiger partial charge in [0, 0.05) is 11.6 Å². The quantitative estimate of drug-likeness (QED) is 0.852. The van der Waals surface area contributed by atoms with Gasteiger partial charge in [-0.3, -0.25) is 0 Å². The van der Waals surface area contributed by atoms with E-state index in [1.54, 1.807) is 0 Å². The van der Waals surface area contributed by atoms with Gasteiger partial charge in [0.25, 0.3) is 0 Å². The van der Waals surface area contributed by atoms with Gasteiger partial charge < -0.3 is 10.4 Å². The number of benzene rings is 2. The molecule has 1 saturated carbocycles. The fourth-order valence-electron chi connectivity index (χ4n) is 2.94.